The molecule has 0 aliphatic heterocycles. The zero-order chi connectivity index (χ0) is 29.9. The van der Waals surface area contributed by atoms with Gasteiger partial charge >= 0.3 is 12.2 Å². The summed E-state index contributed by atoms with van der Waals surface area (Å²) in [7, 11) is 0. The van der Waals surface area contributed by atoms with Gasteiger partial charge in [0.05, 0.1) is 22.2 Å². The monoisotopic (exact) mass is 629 g/mol. The molecule has 0 spiro atoms. The molecule has 1 aromatic heterocycles. The Hall–Kier alpha value is -3.93. The van der Waals surface area contributed by atoms with Gasteiger partial charge in [0, 0.05) is 11.9 Å². The number of imide groups is 1. The molecule has 0 radical (unpaired) electrons. The lowest BCUT2D eigenvalue weighted by molar-refractivity contribution is -0.137. The predicted octanol–water partition coefficient (Wildman–Crippen LogP) is 8.69. The number of amides is 3. The van der Waals surface area contributed by atoms with Crippen LogP contribution in [0.3, 0.4) is 0 Å². The van der Waals surface area contributed by atoms with Crippen molar-refractivity contribution >= 4 is 52.4 Å². The van der Waals surface area contributed by atoms with Crippen molar-refractivity contribution in [2.45, 2.75) is 12.7 Å². The zero-order valence-electron chi connectivity index (χ0n) is 20.3. The summed E-state index contributed by atoms with van der Waals surface area (Å²) >= 11 is 18.6. The lowest BCUT2D eigenvalue weighted by atomic mass is 10.1. The molecule has 212 valence electrons. The van der Waals surface area contributed by atoms with Gasteiger partial charge in [-0.05, 0) is 35.9 Å². The average molecular weight is 631 g/mol. The van der Waals surface area contributed by atoms with E-state index in [2.05, 4.69) is 4.98 Å². The maximum Gasteiger partial charge on any atom is 0.417 e. The SMILES string of the molecule is O=C(NC(=O)N(Cc1ccccc1)c1cc(Cl)c(Oc2ncc(C(F)(F)F)cc2Cl)c(Cl)c1)c1c(F)cccc1F. The average Bonchev–Trinajstić information content (AvgIpc) is 2.89. The van der Waals surface area contributed by atoms with Crippen molar-refractivity contribution in [1.29, 1.82) is 0 Å². The van der Waals surface area contributed by atoms with Gasteiger partial charge in [0.25, 0.3) is 5.91 Å². The van der Waals surface area contributed by atoms with Crippen molar-refractivity contribution in [1.82, 2.24) is 10.3 Å². The first-order valence-corrected chi connectivity index (χ1v) is 12.5. The van der Waals surface area contributed by atoms with Gasteiger partial charge in [-0.2, -0.15) is 13.2 Å². The number of urea groups is 1. The van der Waals surface area contributed by atoms with E-state index >= 15 is 0 Å². The van der Waals surface area contributed by atoms with Crippen molar-refractivity contribution in [2.75, 3.05) is 4.90 Å². The van der Waals surface area contributed by atoms with Crippen LogP contribution in [0, 0.1) is 11.6 Å². The second-order valence-electron chi connectivity index (χ2n) is 8.28. The summed E-state index contributed by atoms with van der Waals surface area (Å²) in [6.07, 6.45) is -4.17. The number of alkyl halides is 3. The molecule has 3 aromatic carbocycles. The van der Waals surface area contributed by atoms with Gasteiger partial charge in [0.2, 0.25) is 5.88 Å². The first-order valence-electron chi connectivity index (χ1n) is 11.4. The van der Waals surface area contributed by atoms with Crippen LogP contribution >= 0.6 is 34.8 Å². The molecular formula is C27H15Cl3F5N3O3. The highest BCUT2D eigenvalue weighted by Crippen LogP contribution is 2.42. The number of nitrogens with one attached hydrogen (secondary N) is 1. The molecule has 1 N–H and O–H groups in total. The third-order valence-electron chi connectivity index (χ3n) is 5.47. The second kappa shape index (κ2) is 12.3. The summed E-state index contributed by atoms with van der Waals surface area (Å²) in [4.78, 5) is 30.4. The van der Waals surface area contributed by atoms with Gasteiger partial charge in [-0.3, -0.25) is 15.0 Å². The Labute approximate surface area is 244 Å². The Bertz CT molecular complexity index is 1580. The number of anilines is 1. The highest BCUT2D eigenvalue weighted by Gasteiger charge is 2.32. The first kappa shape index (κ1) is 30.0. The van der Waals surface area contributed by atoms with Crippen LogP contribution in [-0.2, 0) is 12.7 Å². The van der Waals surface area contributed by atoms with E-state index in [9.17, 15) is 31.5 Å². The molecule has 0 aliphatic rings. The van der Waals surface area contributed by atoms with Gasteiger partial charge in [-0.25, -0.2) is 18.6 Å². The minimum Gasteiger partial charge on any atom is -0.434 e. The van der Waals surface area contributed by atoms with E-state index in [1.165, 1.54) is 12.1 Å². The number of halogens is 8. The van der Waals surface area contributed by atoms with E-state index in [1.54, 1.807) is 30.3 Å². The molecule has 1 heterocycles. The minimum atomic E-state index is -4.69. The number of hydrogen-bond donors (Lipinski definition) is 1. The normalized spacial score (nSPS) is 11.2. The molecule has 0 saturated heterocycles. The molecule has 6 nitrogen and oxygen atoms in total. The van der Waals surface area contributed by atoms with E-state index < -0.39 is 51.8 Å². The minimum absolute atomic E-state index is 0.0296. The Morgan fingerprint density at radius 2 is 1.49 bits per heavy atom. The molecule has 4 aromatic rings. The lowest BCUT2D eigenvalue weighted by Gasteiger charge is -2.24. The molecule has 4 rings (SSSR count). The number of ether oxygens (including phenoxy) is 1. The number of pyridine rings is 1. The van der Waals surface area contributed by atoms with Crippen LogP contribution in [0.4, 0.5) is 32.4 Å². The van der Waals surface area contributed by atoms with Gasteiger partial charge < -0.3 is 4.74 Å². The summed E-state index contributed by atoms with van der Waals surface area (Å²) in [6.45, 7) is -0.140. The summed E-state index contributed by atoms with van der Waals surface area (Å²) in [5.74, 6) is -4.34. The Balaban J connectivity index is 1.66. The first-order chi connectivity index (χ1) is 19.3. The number of rotatable bonds is 6. The van der Waals surface area contributed by atoms with Crippen LogP contribution in [-0.4, -0.2) is 16.9 Å². The molecule has 0 fully saturated rings. The van der Waals surface area contributed by atoms with Crippen molar-refractivity contribution in [2.24, 2.45) is 0 Å². The fourth-order valence-electron chi connectivity index (χ4n) is 3.54. The summed E-state index contributed by atoms with van der Waals surface area (Å²) in [6, 6.07) is 13.2. The number of carbonyl (C=O) groups is 2. The van der Waals surface area contributed by atoms with Gasteiger partial charge in [-0.15, -0.1) is 0 Å². The van der Waals surface area contributed by atoms with Crippen molar-refractivity contribution in [3.05, 3.63) is 116 Å². The van der Waals surface area contributed by atoms with Crippen LogP contribution in [0.2, 0.25) is 15.1 Å². The number of aromatic nitrogens is 1. The summed E-state index contributed by atoms with van der Waals surface area (Å²) in [5, 5.41) is 1.06. The van der Waals surface area contributed by atoms with Crippen LogP contribution in [0.5, 0.6) is 11.6 Å². The van der Waals surface area contributed by atoms with Gasteiger partial charge in [-0.1, -0.05) is 71.2 Å². The Kier molecular flexibility index (Phi) is 9.01. The molecular weight excluding hydrogens is 616 g/mol. The summed E-state index contributed by atoms with van der Waals surface area (Å²) < 4.78 is 72.5. The number of carbonyl (C=O) groups excluding carboxylic acids is 2. The van der Waals surface area contributed by atoms with Crippen molar-refractivity contribution in [3.63, 3.8) is 0 Å². The number of hydrogen-bond acceptors (Lipinski definition) is 4. The van der Waals surface area contributed by atoms with E-state index in [0.29, 0.717) is 17.8 Å². The standard InChI is InChI=1S/C27H15Cl3F5N3O3/c28-17-10-16(11-18(29)23(17)41-25-19(30)9-15(12-36-25)27(33,34)35)38(13-14-5-2-1-3-6-14)26(40)37-24(39)22-20(31)7-4-8-21(22)32/h1-12H,13H2,(H,37,39,40). The fourth-order valence-corrected chi connectivity index (χ4v) is 4.30. The van der Waals surface area contributed by atoms with Crippen molar-refractivity contribution < 1.29 is 36.3 Å². The molecule has 0 saturated carbocycles. The van der Waals surface area contributed by atoms with E-state index in [1.807, 2.05) is 5.32 Å². The lowest BCUT2D eigenvalue weighted by Crippen LogP contribution is -2.43. The Morgan fingerprint density at radius 1 is 0.878 bits per heavy atom. The number of benzene rings is 3. The maximum absolute atomic E-state index is 14.1. The Morgan fingerprint density at radius 3 is 2.05 bits per heavy atom. The van der Waals surface area contributed by atoms with E-state index in [0.717, 1.165) is 23.1 Å². The predicted molar refractivity (Wildman–Crippen MR) is 143 cm³/mol. The smallest absolute Gasteiger partial charge is 0.417 e. The third kappa shape index (κ3) is 7.05. The largest absolute Gasteiger partial charge is 0.434 e. The number of nitrogens with zero attached hydrogens (tertiary/aromatic N) is 2. The molecule has 3 amide bonds. The van der Waals surface area contributed by atoms with Crippen LogP contribution < -0.4 is 15.0 Å². The highest BCUT2D eigenvalue weighted by atomic mass is 35.5. The second-order valence-corrected chi connectivity index (χ2v) is 9.50. The summed E-state index contributed by atoms with van der Waals surface area (Å²) in [5.41, 5.74) is -1.43. The van der Waals surface area contributed by atoms with Crippen molar-refractivity contribution in [3.8, 4) is 11.6 Å². The molecule has 0 unspecified atom stereocenters. The van der Waals surface area contributed by atoms with Gasteiger partial charge in [0.1, 0.15) is 22.2 Å². The van der Waals surface area contributed by atoms with Crippen LogP contribution in [0.15, 0.2) is 72.9 Å². The third-order valence-corrected chi connectivity index (χ3v) is 6.30. The molecule has 0 aliphatic carbocycles. The topological polar surface area (TPSA) is 71.5 Å². The van der Waals surface area contributed by atoms with E-state index in [4.69, 9.17) is 39.5 Å². The van der Waals surface area contributed by atoms with Crippen LogP contribution in [0.25, 0.3) is 0 Å². The molecule has 0 bridgehead atoms. The quantitative estimate of drug-likeness (QED) is 0.217. The van der Waals surface area contributed by atoms with Crippen LogP contribution in [0.1, 0.15) is 21.5 Å². The molecule has 0 atom stereocenters. The van der Waals surface area contributed by atoms with E-state index in [-0.39, 0.29) is 28.0 Å². The molecule has 41 heavy (non-hydrogen) atoms. The maximum atomic E-state index is 14.1. The molecule has 14 heteroatoms. The zero-order valence-corrected chi connectivity index (χ0v) is 22.5. The highest BCUT2D eigenvalue weighted by molar-refractivity contribution is 6.38. The van der Waals surface area contributed by atoms with Gasteiger partial charge in [0.15, 0.2) is 5.75 Å². The fraction of sp³-hybridized carbons (Fsp3) is 0.0741.